The van der Waals surface area contributed by atoms with Gasteiger partial charge in [0, 0.05) is 44.1 Å². The van der Waals surface area contributed by atoms with Crippen LogP contribution in [-0.2, 0) is 6.54 Å². The second-order valence-electron chi connectivity index (χ2n) is 6.54. The van der Waals surface area contributed by atoms with Crippen LogP contribution in [0.25, 0.3) is 10.8 Å². The Balaban J connectivity index is 1.39. The van der Waals surface area contributed by atoms with Gasteiger partial charge in [0.1, 0.15) is 0 Å². The molecule has 1 saturated heterocycles. The lowest BCUT2D eigenvalue weighted by molar-refractivity contribution is 0.250. The first-order valence-corrected chi connectivity index (χ1v) is 8.58. The summed E-state index contributed by atoms with van der Waals surface area (Å²) in [6, 6.07) is 23.6. The van der Waals surface area contributed by atoms with Crippen LogP contribution in [0.3, 0.4) is 0 Å². The summed E-state index contributed by atoms with van der Waals surface area (Å²) in [5, 5.41) is 2.64. The minimum atomic E-state index is 0.827. The Morgan fingerprint density at radius 3 is 2.21 bits per heavy atom. The second kappa shape index (κ2) is 6.54. The van der Waals surface area contributed by atoms with Crippen molar-refractivity contribution in [1.29, 1.82) is 0 Å². The number of nitrogen functional groups attached to an aromatic ring is 1. The van der Waals surface area contributed by atoms with E-state index in [1.54, 1.807) is 0 Å². The number of hydrogen-bond acceptors (Lipinski definition) is 3. The molecule has 4 rings (SSSR count). The quantitative estimate of drug-likeness (QED) is 0.747. The van der Waals surface area contributed by atoms with E-state index in [0.717, 1.165) is 38.4 Å². The molecule has 122 valence electrons. The first kappa shape index (κ1) is 15.0. The van der Waals surface area contributed by atoms with E-state index in [-0.39, 0.29) is 0 Å². The van der Waals surface area contributed by atoms with Gasteiger partial charge in [0.25, 0.3) is 0 Å². The van der Waals surface area contributed by atoms with E-state index in [0.29, 0.717) is 0 Å². The largest absolute Gasteiger partial charge is 0.399 e. The third-order valence-corrected chi connectivity index (χ3v) is 4.85. The van der Waals surface area contributed by atoms with Gasteiger partial charge in [-0.3, -0.25) is 4.90 Å². The molecule has 3 aromatic carbocycles. The average Bonchev–Trinajstić information content (AvgIpc) is 2.63. The number of benzene rings is 3. The highest BCUT2D eigenvalue weighted by molar-refractivity contribution is 5.82. The molecule has 0 aromatic heterocycles. The summed E-state index contributed by atoms with van der Waals surface area (Å²) in [7, 11) is 0. The molecule has 0 amide bonds. The minimum absolute atomic E-state index is 0.827. The Kier molecular flexibility index (Phi) is 4.09. The first-order valence-electron chi connectivity index (χ1n) is 8.58. The molecule has 0 unspecified atom stereocenters. The molecule has 3 nitrogen and oxygen atoms in total. The van der Waals surface area contributed by atoms with Gasteiger partial charge in [0.2, 0.25) is 0 Å². The molecule has 3 heteroatoms. The Bertz CT molecular complexity index is 818. The van der Waals surface area contributed by atoms with E-state index in [1.165, 1.54) is 22.0 Å². The third-order valence-electron chi connectivity index (χ3n) is 4.85. The van der Waals surface area contributed by atoms with Gasteiger partial charge < -0.3 is 10.6 Å². The summed E-state index contributed by atoms with van der Waals surface area (Å²) >= 11 is 0. The van der Waals surface area contributed by atoms with Gasteiger partial charge in [-0.1, -0.05) is 36.4 Å². The van der Waals surface area contributed by atoms with Crippen molar-refractivity contribution >= 4 is 22.1 Å². The molecule has 1 fully saturated rings. The topological polar surface area (TPSA) is 32.5 Å². The number of fused-ring (bicyclic) bond motifs is 1. The second-order valence-corrected chi connectivity index (χ2v) is 6.54. The monoisotopic (exact) mass is 317 g/mol. The lowest BCUT2D eigenvalue weighted by Crippen LogP contribution is -2.45. The zero-order valence-electron chi connectivity index (χ0n) is 13.9. The van der Waals surface area contributed by atoms with Crippen LogP contribution in [0.5, 0.6) is 0 Å². The molecular weight excluding hydrogens is 294 g/mol. The molecular formula is C21H23N3. The van der Waals surface area contributed by atoms with Crippen molar-refractivity contribution < 1.29 is 0 Å². The molecule has 1 aliphatic heterocycles. The zero-order chi connectivity index (χ0) is 16.4. The lowest BCUT2D eigenvalue weighted by Gasteiger charge is -2.36. The molecule has 0 bridgehead atoms. The van der Waals surface area contributed by atoms with E-state index < -0.39 is 0 Å². The fourth-order valence-electron chi connectivity index (χ4n) is 3.44. The standard InChI is InChI=1S/C21H23N3/c22-20-7-9-21(10-8-20)24-13-11-23(12-14-24)16-17-5-6-18-3-1-2-4-19(18)15-17/h1-10,15H,11-14,16,22H2. The average molecular weight is 317 g/mol. The normalized spacial score (nSPS) is 15.8. The Morgan fingerprint density at radius 2 is 1.46 bits per heavy atom. The van der Waals surface area contributed by atoms with Gasteiger partial charge in [0.05, 0.1) is 0 Å². The van der Waals surface area contributed by atoms with E-state index >= 15 is 0 Å². The van der Waals surface area contributed by atoms with E-state index in [1.807, 2.05) is 12.1 Å². The summed E-state index contributed by atoms with van der Waals surface area (Å²) in [5.41, 5.74) is 9.27. The number of nitrogens with two attached hydrogens (primary N) is 1. The van der Waals surface area contributed by atoms with Crippen molar-refractivity contribution in [3.05, 3.63) is 72.3 Å². The van der Waals surface area contributed by atoms with Crippen LogP contribution in [0.2, 0.25) is 0 Å². The Labute approximate surface area is 143 Å². The van der Waals surface area contributed by atoms with E-state index in [4.69, 9.17) is 5.73 Å². The van der Waals surface area contributed by atoms with Gasteiger partial charge >= 0.3 is 0 Å². The van der Waals surface area contributed by atoms with Crippen molar-refractivity contribution in [2.45, 2.75) is 6.54 Å². The van der Waals surface area contributed by atoms with Crippen LogP contribution in [0, 0.1) is 0 Å². The lowest BCUT2D eigenvalue weighted by atomic mass is 10.1. The van der Waals surface area contributed by atoms with Crippen molar-refractivity contribution in [2.75, 3.05) is 36.8 Å². The predicted octanol–water partition coefficient (Wildman–Crippen LogP) is 3.74. The fourth-order valence-corrected chi connectivity index (χ4v) is 3.44. The van der Waals surface area contributed by atoms with Gasteiger partial charge in [-0.25, -0.2) is 0 Å². The van der Waals surface area contributed by atoms with Crippen LogP contribution in [0.15, 0.2) is 66.7 Å². The molecule has 3 aromatic rings. The molecule has 2 N–H and O–H groups in total. The van der Waals surface area contributed by atoms with Crippen molar-refractivity contribution in [3.8, 4) is 0 Å². The van der Waals surface area contributed by atoms with E-state index in [2.05, 4.69) is 64.4 Å². The zero-order valence-corrected chi connectivity index (χ0v) is 13.9. The number of nitrogens with zero attached hydrogens (tertiary/aromatic N) is 2. The van der Waals surface area contributed by atoms with Crippen molar-refractivity contribution in [2.24, 2.45) is 0 Å². The van der Waals surface area contributed by atoms with Gasteiger partial charge in [0.15, 0.2) is 0 Å². The summed E-state index contributed by atoms with van der Waals surface area (Å²) in [4.78, 5) is 4.98. The third kappa shape index (κ3) is 3.22. The molecule has 0 radical (unpaired) electrons. The summed E-state index contributed by atoms with van der Waals surface area (Å²) in [6.45, 7) is 5.35. The van der Waals surface area contributed by atoms with Crippen LogP contribution in [0.1, 0.15) is 5.56 Å². The maximum Gasteiger partial charge on any atom is 0.0368 e. The summed E-state index contributed by atoms with van der Waals surface area (Å²) in [6.07, 6.45) is 0. The highest BCUT2D eigenvalue weighted by atomic mass is 15.3. The van der Waals surface area contributed by atoms with E-state index in [9.17, 15) is 0 Å². The number of anilines is 2. The SMILES string of the molecule is Nc1ccc(N2CCN(Cc3ccc4ccccc4c3)CC2)cc1. The molecule has 0 atom stereocenters. The van der Waals surface area contributed by atoms with Gasteiger partial charge in [-0.2, -0.15) is 0 Å². The predicted molar refractivity (Wildman–Crippen MR) is 102 cm³/mol. The smallest absolute Gasteiger partial charge is 0.0368 e. The molecule has 1 aliphatic rings. The Hall–Kier alpha value is -2.52. The summed E-state index contributed by atoms with van der Waals surface area (Å²) < 4.78 is 0. The van der Waals surface area contributed by atoms with Crippen molar-refractivity contribution in [3.63, 3.8) is 0 Å². The maximum absolute atomic E-state index is 5.78. The first-order chi connectivity index (χ1) is 11.8. The summed E-state index contributed by atoms with van der Waals surface area (Å²) in [5.74, 6) is 0. The number of rotatable bonds is 3. The molecule has 0 saturated carbocycles. The fraction of sp³-hybridized carbons (Fsp3) is 0.238. The highest BCUT2D eigenvalue weighted by Crippen LogP contribution is 2.20. The molecule has 0 aliphatic carbocycles. The van der Waals surface area contributed by atoms with Gasteiger partial charge in [-0.05, 0) is 46.7 Å². The minimum Gasteiger partial charge on any atom is -0.399 e. The van der Waals surface area contributed by atoms with Gasteiger partial charge in [-0.15, -0.1) is 0 Å². The van der Waals surface area contributed by atoms with Crippen LogP contribution < -0.4 is 10.6 Å². The molecule has 24 heavy (non-hydrogen) atoms. The maximum atomic E-state index is 5.78. The van der Waals surface area contributed by atoms with Crippen LogP contribution in [0.4, 0.5) is 11.4 Å². The van der Waals surface area contributed by atoms with Crippen molar-refractivity contribution in [1.82, 2.24) is 4.90 Å². The number of piperazine rings is 1. The Morgan fingerprint density at radius 1 is 0.750 bits per heavy atom. The molecule has 0 spiro atoms. The molecule has 1 heterocycles. The highest BCUT2D eigenvalue weighted by Gasteiger charge is 2.17. The van der Waals surface area contributed by atoms with Crippen LogP contribution in [-0.4, -0.2) is 31.1 Å². The van der Waals surface area contributed by atoms with Crippen LogP contribution >= 0.6 is 0 Å². The number of hydrogen-bond donors (Lipinski definition) is 1.